The summed E-state index contributed by atoms with van der Waals surface area (Å²) >= 11 is 0. The molecule has 0 amide bonds. The zero-order chi connectivity index (χ0) is 15.2. The first kappa shape index (κ1) is 15.6. The summed E-state index contributed by atoms with van der Waals surface area (Å²) < 4.78 is 7.83. The summed E-state index contributed by atoms with van der Waals surface area (Å²) in [6.45, 7) is 4.97. The predicted octanol–water partition coefficient (Wildman–Crippen LogP) is 3.58. The van der Waals surface area contributed by atoms with Crippen molar-refractivity contribution < 1.29 is 4.74 Å². The van der Waals surface area contributed by atoms with Crippen LogP contribution in [0.15, 0.2) is 24.3 Å². The number of aromatic nitrogens is 2. The Labute approximate surface area is 127 Å². The summed E-state index contributed by atoms with van der Waals surface area (Å²) in [6, 6.07) is 8.37. The minimum atomic E-state index is 0.754. The van der Waals surface area contributed by atoms with Crippen LogP contribution in [-0.4, -0.2) is 16.8 Å². The van der Waals surface area contributed by atoms with E-state index in [0.717, 1.165) is 35.9 Å². The minimum absolute atomic E-state index is 0.754. The van der Waals surface area contributed by atoms with E-state index in [2.05, 4.69) is 29.5 Å². The Bertz CT molecular complexity index is 572. The zero-order valence-electron chi connectivity index (χ0n) is 13.4. The Morgan fingerprint density at radius 2 is 1.95 bits per heavy atom. The smallest absolute Gasteiger partial charge is 0.222 e. The number of hydrogen-bond acceptors (Lipinski definition) is 3. The van der Waals surface area contributed by atoms with Gasteiger partial charge >= 0.3 is 0 Å². The van der Waals surface area contributed by atoms with Gasteiger partial charge in [0.1, 0.15) is 5.75 Å². The monoisotopic (exact) mass is 287 g/mol. The molecule has 0 spiro atoms. The van der Waals surface area contributed by atoms with Crippen LogP contribution in [0.4, 0.5) is 0 Å². The summed E-state index contributed by atoms with van der Waals surface area (Å²) in [5, 5.41) is 7.60. The maximum atomic E-state index is 6.03. The highest BCUT2D eigenvalue weighted by atomic mass is 16.5. The van der Waals surface area contributed by atoms with Crippen LogP contribution < -0.4 is 10.1 Å². The highest BCUT2D eigenvalue weighted by molar-refractivity contribution is 5.36. The Balaban J connectivity index is 2.14. The van der Waals surface area contributed by atoms with Gasteiger partial charge in [-0.15, -0.1) is 0 Å². The maximum absolute atomic E-state index is 6.03. The van der Waals surface area contributed by atoms with Gasteiger partial charge in [0.05, 0.1) is 11.3 Å². The van der Waals surface area contributed by atoms with Crippen molar-refractivity contribution in [2.75, 3.05) is 7.05 Å². The molecule has 0 fully saturated rings. The van der Waals surface area contributed by atoms with Crippen LogP contribution in [-0.2, 0) is 20.0 Å². The molecule has 2 rings (SSSR count). The van der Waals surface area contributed by atoms with E-state index >= 15 is 0 Å². The molecule has 0 aliphatic rings. The van der Waals surface area contributed by atoms with Crippen LogP contribution in [0, 0.1) is 6.92 Å². The van der Waals surface area contributed by atoms with Gasteiger partial charge in [-0.25, -0.2) is 4.68 Å². The maximum Gasteiger partial charge on any atom is 0.222 e. The first-order valence-corrected chi connectivity index (χ1v) is 7.59. The fraction of sp³-hybridized carbons (Fsp3) is 0.471. The number of rotatable bonds is 7. The van der Waals surface area contributed by atoms with Gasteiger partial charge in [0.2, 0.25) is 5.88 Å². The van der Waals surface area contributed by atoms with E-state index in [0.29, 0.717) is 0 Å². The van der Waals surface area contributed by atoms with Crippen molar-refractivity contribution in [3.63, 3.8) is 0 Å². The van der Waals surface area contributed by atoms with Crippen molar-refractivity contribution >= 4 is 0 Å². The third-order valence-corrected chi connectivity index (χ3v) is 3.60. The van der Waals surface area contributed by atoms with Gasteiger partial charge in [-0.05, 0) is 44.5 Å². The van der Waals surface area contributed by atoms with Crippen LogP contribution in [0.25, 0.3) is 0 Å². The molecule has 1 heterocycles. The Morgan fingerprint density at radius 1 is 1.24 bits per heavy atom. The lowest BCUT2D eigenvalue weighted by Crippen LogP contribution is -2.07. The molecular weight excluding hydrogens is 262 g/mol. The van der Waals surface area contributed by atoms with E-state index in [-0.39, 0.29) is 0 Å². The number of nitrogens with zero attached hydrogens (tertiary/aromatic N) is 2. The van der Waals surface area contributed by atoms with Gasteiger partial charge in [-0.2, -0.15) is 5.10 Å². The Morgan fingerprint density at radius 3 is 2.57 bits per heavy atom. The SMILES string of the molecule is CCCCc1ccc(Oc2c(CNC)c(C)nn2C)cc1. The van der Waals surface area contributed by atoms with E-state index in [4.69, 9.17) is 4.74 Å². The van der Waals surface area contributed by atoms with Crippen molar-refractivity contribution in [3.8, 4) is 11.6 Å². The lowest BCUT2D eigenvalue weighted by molar-refractivity contribution is 0.424. The predicted molar refractivity (Wildman–Crippen MR) is 85.8 cm³/mol. The van der Waals surface area contributed by atoms with Gasteiger partial charge in [0.25, 0.3) is 0 Å². The van der Waals surface area contributed by atoms with E-state index in [1.165, 1.54) is 18.4 Å². The molecule has 1 N–H and O–H groups in total. The van der Waals surface area contributed by atoms with Gasteiger partial charge in [0, 0.05) is 13.6 Å². The third kappa shape index (κ3) is 3.85. The molecule has 4 heteroatoms. The second kappa shape index (κ2) is 7.27. The van der Waals surface area contributed by atoms with Crippen LogP contribution in [0.3, 0.4) is 0 Å². The molecule has 0 saturated carbocycles. The number of nitrogens with one attached hydrogen (secondary N) is 1. The molecule has 0 radical (unpaired) electrons. The topological polar surface area (TPSA) is 39.1 Å². The standard InChI is InChI=1S/C17H25N3O/c1-5-6-7-14-8-10-15(11-9-14)21-17-16(12-18-3)13(2)19-20(17)4/h8-11,18H,5-7,12H2,1-4H3. The Kier molecular flexibility index (Phi) is 5.39. The van der Waals surface area contributed by atoms with Crippen molar-refractivity contribution in [1.82, 2.24) is 15.1 Å². The van der Waals surface area contributed by atoms with Crippen molar-refractivity contribution in [1.29, 1.82) is 0 Å². The molecule has 0 saturated heterocycles. The molecule has 2 aromatic rings. The average Bonchev–Trinajstić information content (AvgIpc) is 2.74. The van der Waals surface area contributed by atoms with Crippen molar-refractivity contribution in [2.45, 2.75) is 39.7 Å². The average molecular weight is 287 g/mol. The van der Waals surface area contributed by atoms with Gasteiger partial charge < -0.3 is 10.1 Å². The van der Waals surface area contributed by atoms with Gasteiger partial charge in [-0.3, -0.25) is 0 Å². The highest BCUT2D eigenvalue weighted by Gasteiger charge is 2.14. The molecule has 4 nitrogen and oxygen atoms in total. The zero-order valence-corrected chi connectivity index (χ0v) is 13.4. The fourth-order valence-corrected chi connectivity index (χ4v) is 2.41. The largest absolute Gasteiger partial charge is 0.439 e. The van der Waals surface area contributed by atoms with Crippen LogP contribution in [0.1, 0.15) is 36.6 Å². The lowest BCUT2D eigenvalue weighted by atomic mass is 10.1. The Hall–Kier alpha value is -1.81. The van der Waals surface area contributed by atoms with Crippen LogP contribution >= 0.6 is 0 Å². The molecule has 1 aromatic carbocycles. The molecule has 114 valence electrons. The number of hydrogen-bond donors (Lipinski definition) is 1. The number of ether oxygens (including phenoxy) is 1. The van der Waals surface area contributed by atoms with Gasteiger partial charge in [-0.1, -0.05) is 25.5 Å². The highest BCUT2D eigenvalue weighted by Crippen LogP contribution is 2.27. The molecule has 0 atom stereocenters. The molecule has 0 aliphatic carbocycles. The third-order valence-electron chi connectivity index (χ3n) is 3.60. The van der Waals surface area contributed by atoms with Crippen LogP contribution in [0.2, 0.25) is 0 Å². The second-order valence-corrected chi connectivity index (χ2v) is 5.37. The van der Waals surface area contributed by atoms with Crippen molar-refractivity contribution in [3.05, 3.63) is 41.1 Å². The normalized spacial score (nSPS) is 10.9. The number of benzene rings is 1. The summed E-state index contributed by atoms with van der Waals surface area (Å²) in [5.41, 5.74) is 3.47. The van der Waals surface area contributed by atoms with E-state index in [1.807, 2.05) is 33.2 Å². The molecule has 0 bridgehead atoms. The molecular formula is C17H25N3O. The first-order chi connectivity index (χ1) is 10.2. The van der Waals surface area contributed by atoms with Crippen molar-refractivity contribution in [2.24, 2.45) is 7.05 Å². The summed E-state index contributed by atoms with van der Waals surface area (Å²) in [6.07, 6.45) is 3.58. The number of unbranched alkanes of at least 4 members (excludes halogenated alkanes) is 1. The lowest BCUT2D eigenvalue weighted by Gasteiger charge is -2.09. The first-order valence-electron chi connectivity index (χ1n) is 7.59. The van der Waals surface area contributed by atoms with Crippen LogP contribution in [0.5, 0.6) is 11.6 Å². The fourth-order valence-electron chi connectivity index (χ4n) is 2.41. The summed E-state index contributed by atoms with van der Waals surface area (Å²) in [7, 11) is 3.84. The second-order valence-electron chi connectivity index (χ2n) is 5.37. The van der Waals surface area contributed by atoms with Gasteiger partial charge in [0.15, 0.2) is 0 Å². The summed E-state index contributed by atoms with van der Waals surface area (Å²) in [4.78, 5) is 0. The van der Waals surface area contributed by atoms with E-state index in [1.54, 1.807) is 4.68 Å². The molecule has 0 unspecified atom stereocenters. The quantitative estimate of drug-likeness (QED) is 0.846. The van der Waals surface area contributed by atoms with E-state index in [9.17, 15) is 0 Å². The molecule has 21 heavy (non-hydrogen) atoms. The molecule has 1 aromatic heterocycles. The number of aryl methyl sites for hydroxylation is 3. The minimum Gasteiger partial charge on any atom is -0.439 e. The molecule has 0 aliphatic heterocycles. The summed E-state index contributed by atoms with van der Waals surface area (Å²) in [5.74, 6) is 1.67. The van der Waals surface area contributed by atoms with E-state index < -0.39 is 0 Å².